The van der Waals surface area contributed by atoms with Crippen molar-refractivity contribution in [3.8, 4) is 38.8 Å². The number of hydrogen-bond donors (Lipinski definition) is 5. The molecule has 404 valence electrons. The molecular weight excluding hydrogens is 986 g/mol. The molecule has 76 heavy (non-hydrogen) atoms. The summed E-state index contributed by atoms with van der Waals surface area (Å²) in [5, 5.41) is 27.1. The zero-order valence-corrected chi connectivity index (χ0v) is 45.2. The van der Waals surface area contributed by atoms with Crippen molar-refractivity contribution in [1.29, 1.82) is 0 Å². The molecule has 17 nitrogen and oxygen atoms in total. The number of carbonyl (C=O) groups is 4. The first-order valence-corrected chi connectivity index (χ1v) is 27.5. The van der Waals surface area contributed by atoms with Gasteiger partial charge in [-0.2, -0.15) is 5.10 Å². The second-order valence-corrected chi connectivity index (χ2v) is 21.9. The molecule has 3 atom stereocenters. The van der Waals surface area contributed by atoms with Crippen LogP contribution in [0.15, 0.2) is 78.4 Å². The van der Waals surface area contributed by atoms with Gasteiger partial charge < -0.3 is 35.6 Å². The fourth-order valence-corrected chi connectivity index (χ4v) is 10.8. The zero-order chi connectivity index (χ0) is 53.8. The predicted molar refractivity (Wildman–Crippen MR) is 294 cm³/mol. The number of hydrogen-bond acceptors (Lipinski definition) is 13. The van der Waals surface area contributed by atoms with Crippen LogP contribution in [-0.2, 0) is 25.7 Å². The number of carbonyl (C=O) groups excluding carboxylic acids is 4. The summed E-state index contributed by atoms with van der Waals surface area (Å²) in [5.74, 6) is -0.748. The van der Waals surface area contributed by atoms with Gasteiger partial charge in [-0.25, -0.2) is 19.3 Å². The van der Waals surface area contributed by atoms with Crippen LogP contribution in [0.3, 0.4) is 0 Å². The normalized spacial score (nSPS) is 16.5. The number of thiazole rings is 1. The Labute approximate surface area is 448 Å². The fraction of sp³-hybridized carbons (Fsp3) is 0.474. The van der Waals surface area contributed by atoms with Gasteiger partial charge in [-0.15, -0.1) is 11.3 Å². The number of piperazine rings is 1. The van der Waals surface area contributed by atoms with Gasteiger partial charge in [0.25, 0.3) is 0 Å². The Balaban J connectivity index is 0.668. The number of β-amino-alcohol motifs (C(OH)–C–C–N with tert-alkyl or cyclic N) is 1. The van der Waals surface area contributed by atoms with Gasteiger partial charge in [0.2, 0.25) is 23.6 Å². The molecule has 6 aromatic rings. The Morgan fingerprint density at radius 1 is 0.868 bits per heavy atom. The van der Waals surface area contributed by atoms with Crippen LogP contribution in [0.25, 0.3) is 44.1 Å². The van der Waals surface area contributed by atoms with Gasteiger partial charge in [0.05, 0.1) is 47.6 Å². The number of ether oxygens (including phenoxy) is 1. The van der Waals surface area contributed by atoms with E-state index in [0.717, 1.165) is 104 Å². The highest BCUT2D eigenvalue weighted by Crippen LogP contribution is 2.34. The maximum atomic E-state index is 14.8. The lowest BCUT2D eigenvalue weighted by Crippen LogP contribution is -2.57. The molecule has 5 heterocycles. The van der Waals surface area contributed by atoms with Gasteiger partial charge in [0.15, 0.2) is 5.82 Å². The lowest BCUT2D eigenvalue weighted by atomic mass is 9.85. The number of likely N-dealkylation sites (tertiary alicyclic amines) is 1. The number of unbranched alkanes of at least 4 members (excludes halogenated alkanes) is 7. The van der Waals surface area contributed by atoms with E-state index in [0.29, 0.717) is 48.4 Å². The summed E-state index contributed by atoms with van der Waals surface area (Å²) < 4.78 is 20.2. The number of methoxy groups -OCH3 is 1. The average Bonchev–Trinajstić information content (AvgIpc) is 4.16. The molecule has 0 saturated carbocycles. The predicted octanol–water partition coefficient (Wildman–Crippen LogP) is 7.82. The standard InChI is InChI=1S/C57H72FN11O6S/c1-37-52(76-36-62-37)40-20-18-38(19-21-40)32-61-55(73)45-31-42(70)34-69(45)56(74)53(57(2,3)4)63-47(71)17-12-10-8-6-7-9-11-13-26-59-48(72)35-67-27-29-68(30-28-67)41-24-22-39(23-25-41)50-51-44(65-66-50)33-60-54(64-51)49-43(58)15-14-16-46(49)75-5/h14-16,18-25,33,36,42,45,53,70H,6-13,17,26-32,34-35H2,1-5H3,(H,59,72)(H,61,73)(H,63,71)(H,65,66)/t42-,45+,53-/m1/s1. The number of benzene rings is 3. The van der Waals surface area contributed by atoms with E-state index >= 15 is 0 Å². The summed E-state index contributed by atoms with van der Waals surface area (Å²) in [6.45, 7) is 12.1. The second kappa shape index (κ2) is 25.8. The zero-order valence-electron chi connectivity index (χ0n) is 44.4. The molecular formula is C57H72FN11O6S. The Kier molecular flexibility index (Phi) is 18.8. The summed E-state index contributed by atoms with van der Waals surface area (Å²) in [6, 6.07) is 19.0. The number of aryl methyl sites for hydroxylation is 1. The molecule has 0 radical (unpaired) electrons. The number of aromatic nitrogens is 5. The molecule has 3 aromatic carbocycles. The molecule has 2 fully saturated rings. The Hall–Kier alpha value is -6.83. The molecule has 0 bridgehead atoms. The number of aliphatic hydroxyl groups excluding tert-OH is 1. The SMILES string of the molecule is COc1cccc(F)c1-c1ncc2[nH]nc(-c3ccc(N4CCN(CC(=O)NCCCCCCCCCCC(=O)N[C@H](C(=O)N5C[C@H](O)C[C@H]5C(=O)NCc5ccc(-c6scnc6C)cc5)C(C)(C)C)CC4)cc3)c2n1. The van der Waals surface area contributed by atoms with E-state index in [9.17, 15) is 28.7 Å². The van der Waals surface area contributed by atoms with E-state index < -0.39 is 29.4 Å². The van der Waals surface area contributed by atoms with Crippen LogP contribution in [-0.4, -0.2) is 135 Å². The third-order valence-corrected chi connectivity index (χ3v) is 15.3. The van der Waals surface area contributed by atoms with Crippen molar-refractivity contribution in [3.63, 3.8) is 0 Å². The van der Waals surface area contributed by atoms with Gasteiger partial charge in [-0.1, -0.05) is 102 Å². The first-order valence-electron chi connectivity index (χ1n) is 26.6. The summed E-state index contributed by atoms with van der Waals surface area (Å²) in [4.78, 5) is 73.9. The molecule has 4 amide bonds. The van der Waals surface area contributed by atoms with E-state index in [1.54, 1.807) is 29.7 Å². The molecule has 0 aliphatic carbocycles. The smallest absolute Gasteiger partial charge is 0.246 e. The first-order chi connectivity index (χ1) is 36.7. The minimum Gasteiger partial charge on any atom is -0.496 e. The van der Waals surface area contributed by atoms with Crippen LogP contribution < -0.4 is 25.6 Å². The van der Waals surface area contributed by atoms with Crippen LogP contribution in [0.5, 0.6) is 5.75 Å². The molecule has 5 N–H and O–H groups in total. The molecule has 2 aliphatic heterocycles. The second-order valence-electron chi connectivity index (χ2n) is 21.0. The maximum Gasteiger partial charge on any atom is 0.246 e. The number of nitrogens with one attached hydrogen (secondary N) is 4. The Bertz CT molecular complexity index is 2920. The van der Waals surface area contributed by atoms with Crippen molar-refractivity contribution < 1.29 is 33.4 Å². The lowest BCUT2D eigenvalue weighted by Gasteiger charge is -2.35. The Morgan fingerprint density at radius 3 is 2.25 bits per heavy atom. The third-order valence-electron chi connectivity index (χ3n) is 14.3. The highest BCUT2D eigenvalue weighted by atomic mass is 32.1. The van der Waals surface area contributed by atoms with E-state index in [-0.39, 0.29) is 54.5 Å². The van der Waals surface area contributed by atoms with Crippen LogP contribution in [0.1, 0.15) is 96.2 Å². The summed E-state index contributed by atoms with van der Waals surface area (Å²) in [6.07, 6.45) is 9.04. The molecule has 2 aliphatic rings. The molecule has 2 saturated heterocycles. The van der Waals surface area contributed by atoms with Gasteiger partial charge >= 0.3 is 0 Å². The largest absolute Gasteiger partial charge is 0.496 e. The van der Waals surface area contributed by atoms with Gasteiger partial charge in [0.1, 0.15) is 40.4 Å². The van der Waals surface area contributed by atoms with Crippen LogP contribution in [0.4, 0.5) is 10.1 Å². The maximum absolute atomic E-state index is 14.8. The molecule has 0 spiro atoms. The van der Waals surface area contributed by atoms with Crippen molar-refractivity contribution in [2.45, 2.75) is 117 Å². The summed E-state index contributed by atoms with van der Waals surface area (Å²) in [7, 11) is 1.49. The van der Waals surface area contributed by atoms with E-state index in [1.807, 2.05) is 69.6 Å². The average molecular weight is 1060 g/mol. The number of halogens is 1. The molecule has 3 aromatic heterocycles. The minimum absolute atomic E-state index is 0.0299. The number of aliphatic hydroxyl groups is 1. The summed E-state index contributed by atoms with van der Waals surface area (Å²) >= 11 is 1.58. The van der Waals surface area contributed by atoms with Gasteiger partial charge in [0, 0.05) is 69.9 Å². The van der Waals surface area contributed by atoms with E-state index in [4.69, 9.17) is 4.74 Å². The number of anilines is 1. The summed E-state index contributed by atoms with van der Waals surface area (Å²) in [5.41, 5.74) is 8.17. The van der Waals surface area contributed by atoms with E-state index in [2.05, 4.69) is 63.0 Å². The minimum atomic E-state index is -0.853. The molecule has 0 unspecified atom stereocenters. The lowest BCUT2D eigenvalue weighted by molar-refractivity contribution is -0.144. The topological polar surface area (TPSA) is 211 Å². The number of H-pyrrole nitrogens is 1. The van der Waals surface area contributed by atoms with Crippen molar-refractivity contribution in [2.24, 2.45) is 5.41 Å². The molecule has 19 heteroatoms. The number of rotatable bonds is 23. The van der Waals surface area contributed by atoms with Gasteiger partial charge in [-0.05, 0) is 60.6 Å². The third kappa shape index (κ3) is 14.1. The molecule has 8 rings (SSSR count). The fourth-order valence-electron chi connectivity index (χ4n) is 9.99. The number of nitrogens with zero attached hydrogens (tertiary/aromatic N) is 7. The number of aromatic amines is 1. The van der Waals surface area contributed by atoms with Crippen molar-refractivity contribution in [3.05, 3.63) is 95.5 Å². The van der Waals surface area contributed by atoms with Crippen molar-refractivity contribution in [2.75, 3.05) is 57.8 Å². The quantitative estimate of drug-likeness (QED) is 0.0389. The van der Waals surface area contributed by atoms with Crippen molar-refractivity contribution in [1.82, 2.24) is 50.9 Å². The first kappa shape index (κ1) is 55.4. The van der Waals surface area contributed by atoms with Crippen LogP contribution in [0, 0.1) is 18.2 Å². The van der Waals surface area contributed by atoms with Crippen LogP contribution >= 0.6 is 11.3 Å². The van der Waals surface area contributed by atoms with Crippen LogP contribution in [0.2, 0.25) is 0 Å². The number of fused-ring (bicyclic) bond motifs is 1. The monoisotopic (exact) mass is 1060 g/mol. The van der Waals surface area contributed by atoms with Crippen molar-refractivity contribution >= 4 is 51.7 Å². The highest BCUT2D eigenvalue weighted by molar-refractivity contribution is 7.13. The van der Waals surface area contributed by atoms with E-state index in [1.165, 1.54) is 18.1 Å². The number of amides is 4. The Morgan fingerprint density at radius 2 is 1.57 bits per heavy atom. The van der Waals surface area contributed by atoms with Gasteiger partial charge in [-0.3, -0.25) is 29.2 Å². The highest BCUT2D eigenvalue weighted by Gasteiger charge is 2.44.